The summed E-state index contributed by atoms with van der Waals surface area (Å²) in [6.07, 6.45) is 1.30. The Kier molecular flexibility index (Phi) is 9.29. The number of carbonyl (C=O) groups excluding carboxylic acids is 1. The molecule has 212 valence electrons. The van der Waals surface area contributed by atoms with E-state index in [0.29, 0.717) is 6.54 Å². The summed E-state index contributed by atoms with van der Waals surface area (Å²) in [4.78, 5) is 13.8. The number of aliphatic hydroxyl groups is 2. The standard InChI is InChI=1S/C33H40N2O5/c1-22-31(19-35-17-5-7-29(35)21-37)39-33(40-32(22)26-11-9-24(20-36)10-12-26)27-15-13-25(14-16-27)30-8-4-3-6-28(30)18-34-23(2)38/h3-4,6,8-16,22,29,31-33,36-37H,5,7,17-21H2,1-2H3,(H,34,38). The van der Waals surface area contributed by atoms with Crippen LogP contribution in [0.4, 0.5) is 0 Å². The second-order valence-corrected chi connectivity index (χ2v) is 11.0. The van der Waals surface area contributed by atoms with Crippen LogP contribution in [0.3, 0.4) is 0 Å². The molecule has 3 N–H and O–H groups in total. The van der Waals surface area contributed by atoms with Crippen LogP contribution >= 0.6 is 0 Å². The van der Waals surface area contributed by atoms with Crippen molar-refractivity contribution in [1.82, 2.24) is 10.2 Å². The third kappa shape index (κ3) is 6.45. The maximum Gasteiger partial charge on any atom is 0.217 e. The number of nitrogens with one attached hydrogen (secondary N) is 1. The number of amides is 1. The molecule has 7 heteroatoms. The maximum absolute atomic E-state index is 11.5. The molecule has 2 aliphatic rings. The Morgan fingerprint density at radius 3 is 2.40 bits per heavy atom. The third-order valence-corrected chi connectivity index (χ3v) is 8.29. The summed E-state index contributed by atoms with van der Waals surface area (Å²) >= 11 is 0. The van der Waals surface area contributed by atoms with Crippen molar-refractivity contribution in [2.45, 2.75) is 64.4 Å². The van der Waals surface area contributed by atoms with Gasteiger partial charge >= 0.3 is 0 Å². The SMILES string of the molecule is CC(=O)NCc1ccccc1-c1ccc(C2OC(CN3CCCC3CO)C(C)C(c3ccc(CO)cc3)O2)cc1. The van der Waals surface area contributed by atoms with Gasteiger partial charge in [-0.25, -0.2) is 0 Å². The number of benzene rings is 3. The van der Waals surface area contributed by atoms with Gasteiger partial charge in [-0.1, -0.05) is 79.7 Å². The van der Waals surface area contributed by atoms with Gasteiger partial charge in [0.2, 0.25) is 5.91 Å². The minimum absolute atomic E-state index is 0.00746. The van der Waals surface area contributed by atoms with Gasteiger partial charge in [0.15, 0.2) is 6.29 Å². The summed E-state index contributed by atoms with van der Waals surface area (Å²) in [7, 11) is 0. The van der Waals surface area contributed by atoms with Crippen LogP contribution in [0.1, 0.15) is 61.3 Å². The lowest BCUT2D eigenvalue weighted by Gasteiger charge is -2.43. The summed E-state index contributed by atoms with van der Waals surface area (Å²) in [5.74, 6) is 0.0384. The Labute approximate surface area is 236 Å². The van der Waals surface area contributed by atoms with Crippen LogP contribution in [0.25, 0.3) is 11.1 Å². The molecule has 3 aromatic carbocycles. The van der Waals surface area contributed by atoms with Crippen molar-refractivity contribution in [2.75, 3.05) is 19.7 Å². The number of aliphatic hydroxyl groups excluding tert-OH is 2. The molecule has 0 radical (unpaired) electrons. The van der Waals surface area contributed by atoms with Gasteiger partial charge in [-0.3, -0.25) is 9.69 Å². The molecule has 2 aliphatic heterocycles. The molecule has 5 rings (SSSR count). The van der Waals surface area contributed by atoms with E-state index in [4.69, 9.17) is 9.47 Å². The van der Waals surface area contributed by atoms with Crippen LogP contribution in [0.2, 0.25) is 0 Å². The first kappa shape index (κ1) is 28.5. The number of carbonyl (C=O) groups is 1. The van der Waals surface area contributed by atoms with Gasteiger partial charge < -0.3 is 25.0 Å². The molecule has 0 bridgehead atoms. The first-order chi connectivity index (χ1) is 19.5. The summed E-state index contributed by atoms with van der Waals surface area (Å²) in [6, 6.07) is 24.5. The quantitative estimate of drug-likeness (QED) is 0.361. The van der Waals surface area contributed by atoms with E-state index in [1.54, 1.807) is 0 Å². The highest BCUT2D eigenvalue weighted by Crippen LogP contribution is 2.42. The largest absolute Gasteiger partial charge is 0.395 e. The van der Waals surface area contributed by atoms with Gasteiger partial charge in [0.05, 0.1) is 25.4 Å². The van der Waals surface area contributed by atoms with E-state index in [2.05, 4.69) is 47.5 Å². The number of hydrogen-bond acceptors (Lipinski definition) is 6. The van der Waals surface area contributed by atoms with Gasteiger partial charge in [-0.2, -0.15) is 0 Å². The Balaban J connectivity index is 1.40. The molecule has 2 heterocycles. The number of nitrogens with zero attached hydrogens (tertiary/aromatic N) is 1. The Hall–Kier alpha value is -3.07. The molecule has 5 unspecified atom stereocenters. The normalized spacial score (nSPS) is 25.1. The van der Waals surface area contributed by atoms with Gasteiger partial charge in [-0.05, 0) is 47.2 Å². The lowest BCUT2D eigenvalue weighted by molar-refractivity contribution is -0.276. The van der Waals surface area contributed by atoms with E-state index in [1.807, 2.05) is 42.5 Å². The first-order valence-electron chi connectivity index (χ1n) is 14.2. The van der Waals surface area contributed by atoms with E-state index >= 15 is 0 Å². The molecule has 3 aromatic rings. The van der Waals surface area contributed by atoms with Gasteiger partial charge in [0, 0.05) is 37.5 Å². The van der Waals surface area contributed by atoms with Crippen molar-refractivity contribution in [3.63, 3.8) is 0 Å². The smallest absolute Gasteiger partial charge is 0.217 e. The van der Waals surface area contributed by atoms with Crippen molar-refractivity contribution in [1.29, 1.82) is 0 Å². The second kappa shape index (κ2) is 13.1. The zero-order valence-corrected chi connectivity index (χ0v) is 23.3. The van der Waals surface area contributed by atoms with Crippen molar-refractivity contribution < 1.29 is 24.5 Å². The van der Waals surface area contributed by atoms with Crippen molar-refractivity contribution in [3.05, 3.63) is 95.1 Å². The molecule has 1 amide bonds. The molecule has 7 nitrogen and oxygen atoms in total. The predicted molar refractivity (Wildman–Crippen MR) is 154 cm³/mol. The molecular formula is C33H40N2O5. The predicted octanol–water partition coefficient (Wildman–Crippen LogP) is 4.73. The van der Waals surface area contributed by atoms with E-state index in [-0.39, 0.29) is 43.3 Å². The van der Waals surface area contributed by atoms with Crippen molar-refractivity contribution in [2.24, 2.45) is 5.92 Å². The van der Waals surface area contributed by atoms with E-state index in [1.165, 1.54) is 6.92 Å². The molecule has 0 aliphatic carbocycles. The molecule has 40 heavy (non-hydrogen) atoms. The van der Waals surface area contributed by atoms with Gasteiger partial charge in [0.25, 0.3) is 0 Å². The number of hydrogen-bond donors (Lipinski definition) is 3. The van der Waals surface area contributed by atoms with E-state index in [9.17, 15) is 15.0 Å². The van der Waals surface area contributed by atoms with Crippen LogP contribution in [-0.2, 0) is 27.4 Å². The molecule has 2 saturated heterocycles. The summed E-state index contributed by atoms with van der Waals surface area (Å²) in [6.45, 7) is 6.05. The number of likely N-dealkylation sites (tertiary alicyclic amines) is 1. The lowest BCUT2D eigenvalue weighted by atomic mass is 9.89. The molecule has 2 fully saturated rings. The molecule has 0 spiro atoms. The van der Waals surface area contributed by atoms with Crippen LogP contribution in [0.5, 0.6) is 0 Å². The minimum atomic E-state index is -0.539. The highest BCUT2D eigenvalue weighted by atomic mass is 16.7. The molecular weight excluding hydrogens is 504 g/mol. The molecule has 5 atom stereocenters. The fourth-order valence-electron chi connectivity index (χ4n) is 5.90. The van der Waals surface area contributed by atoms with Crippen molar-refractivity contribution in [3.8, 4) is 11.1 Å². The van der Waals surface area contributed by atoms with Crippen LogP contribution < -0.4 is 5.32 Å². The topological polar surface area (TPSA) is 91.3 Å². The van der Waals surface area contributed by atoms with Crippen LogP contribution in [0, 0.1) is 5.92 Å². The number of ether oxygens (including phenoxy) is 2. The number of rotatable bonds is 9. The second-order valence-electron chi connectivity index (χ2n) is 11.0. The highest BCUT2D eigenvalue weighted by molar-refractivity contribution is 5.74. The summed E-state index contributed by atoms with van der Waals surface area (Å²) in [5.41, 5.74) is 6.06. The average molecular weight is 545 g/mol. The fraction of sp³-hybridized carbons (Fsp3) is 0.424. The molecule has 0 saturated carbocycles. The van der Waals surface area contributed by atoms with Crippen LogP contribution in [-0.4, -0.2) is 52.9 Å². The van der Waals surface area contributed by atoms with Crippen LogP contribution in [0.15, 0.2) is 72.8 Å². The van der Waals surface area contributed by atoms with Crippen molar-refractivity contribution >= 4 is 5.91 Å². The van der Waals surface area contributed by atoms with Gasteiger partial charge in [0.1, 0.15) is 0 Å². The first-order valence-corrected chi connectivity index (χ1v) is 14.2. The minimum Gasteiger partial charge on any atom is -0.395 e. The Morgan fingerprint density at radius 1 is 0.975 bits per heavy atom. The monoisotopic (exact) mass is 544 g/mol. The van der Waals surface area contributed by atoms with E-state index < -0.39 is 6.29 Å². The van der Waals surface area contributed by atoms with Gasteiger partial charge in [-0.15, -0.1) is 0 Å². The highest BCUT2D eigenvalue weighted by Gasteiger charge is 2.40. The fourth-order valence-corrected chi connectivity index (χ4v) is 5.90. The zero-order chi connectivity index (χ0) is 28.1. The Morgan fingerprint density at radius 2 is 1.70 bits per heavy atom. The van der Waals surface area contributed by atoms with E-state index in [0.717, 1.165) is 59.3 Å². The molecule has 0 aromatic heterocycles. The Bertz CT molecular complexity index is 1260. The third-order valence-electron chi connectivity index (χ3n) is 8.29. The average Bonchev–Trinajstić information content (AvgIpc) is 3.44. The zero-order valence-electron chi connectivity index (χ0n) is 23.3. The summed E-state index contributed by atoms with van der Waals surface area (Å²) in [5, 5.41) is 22.3. The lowest BCUT2D eigenvalue weighted by Crippen LogP contribution is -2.46. The summed E-state index contributed by atoms with van der Waals surface area (Å²) < 4.78 is 13.3. The maximum atomic E-state index is 11.5.